The molecule has 2 N–H and O–H groups in total. The number of hydrogen-bond acceptors (Lipinski definition) is 7. The van der Waals surface area contributed by atoms with Crippen LogP contribution < -0.4 is 15.5 Å². The maximum Gasteiger partial charge on any atom is 0.324 e. The first-order valence-corrected chi connectivity index (χ1v) is 13.1. The van der Waals surface area contributed by atoms with Gasteiger partial charge in [-0.15, -0.1) is 0 Å². The first-order valence-electron chi connectivity index (χ1n) is 13.1. The van der Waals surface area contributed by atoms with Gasteiger partial charge in [-0.05, 0) is 55.6 Å². The predicted molar refractivity (Wildman–Crippen MR) is 152 cm³/mol. The fourth-order valence-corrected chi connectivity index (χ4v) is 5.66. The number of benzene rings is 1. The van der Waals surface area contributed by atoms with Crippen LogP contribution in [0, 0.1) is 0 Å². The highest BCUT2D eigenvalue weighted by Crippen LogP contribution is 2.39. The predicted octanol–water partition coefficient (Wildman–Crippen LogP) is 4.06. The van der Waals surface area contributed by atoms with Gasteiger partial charge in [-0.2, -0.15) is 5.10 Å². The van der Waals surface area contributed by atoms with Gasteiger partial charge in [-0.25, -0.2) is 14.3 Å². The van der Waals surface area contributed by atoms with Crippen LogP contribution in [0.15, 0.2) is 59.5 Å². The number of likely N-dealkylation sites (N-methyl/N-ethyl adjacent to an activating group) is 1. The van der Waals surface area contributed by atoms with E-state index in [4.69, 9.17) is 9.40 Å². The molecule has 11 heteroatoms. The van der Waals surface area contributed by atoms with Crippen LogP contribution in [0.4, 0.5) is 22.0 Å². The zero-order valence-electron chi connectivity index (χ0n) is 22.4. The Labute approximate surface area is 230 Å². The molecule has 3 amide bonds. The monoisotopic (exact) mass is 536 g/mol. The van der Waals surface area contributed by atoms with Gasteiger partial charge in [-0.1, -0.05) is 6.07 Å². The van der Waals surface area contributed by atoms with Crippen molar-refractivity contribution in [3.63, 3.8) is 0 Å². The van der Waals surface area contributed by atoms with E-state index in [1.165, 1.54) is 0 Å². The zero-order chi connectivity index (χ0) is 27.5. The van der Waals surface area contributed by atoms with Gasteiger partial charge in [0.15, 0.2) is 0 Å². The molecule has 0 atom stereocenters. The van der Waals surface area contributed by atoms with Crippen molar-refractivity contribution in [3.05, 3.63) is 71.9 Å². The molecular weight excluding hydrogens is 508 g/mol. The van der Waals surface area contributed by atoms with Crippen molar-refractivity contribution in [2.45, 2.75) is 13.1 Å². The minimum atomic E-state index is -0.139. The topological polar surface area (TPSA) is 111 Å². The molecule has 5 aromatic rings. The van der Waals surface area contributed by atoms with E-state index in [0.29, 0.717) is 43.2 Å². The Bertz CT molecular complexity index is 1820. The van der Waals surface area contributed by atoms with Gasteiger partial charge < -0.3 is 24.9 Å². The van der Waals surface area contributed by atoms with Crippen LogP contribution in [0.5, 0.6) is 0 Å². The normalized spacial score (nSPS) is 15.1. The smallest absolute Gasteiger partial charge is 0.324 e. The highest BCUT2D eigenvalue weighted by molar-refractivity contribution is 6.08. The van der Waals surface area contributed by atoms with Crippen LogP contribution >= 0.6 is 0 Å². The summed E-state index contributed by atoms with van der Waals surface area (Å²) < 4.78 is 7.45. The molecule has 202 valence electrons. The zero-order valence-corrected chi connectivity index (χ0v) is 22.4. The second-order valence-corrected chi connectivity index (χ2v) is 10.4. The average molecular weight is 537 g/mol. The van der Waals surface area contributed by atoms with Crippen molar-refractivity contribution in [2.75, 3.05) is 44.4 Å². The summed E-state index contributed by atoms with van der Waals surface area (Å²) in [4.78, 5) is 36.1. The van der Waals surface area contributed by atoms with Gasteiger partial charge in [0.2, 0.25) is 0 Å². The maximum absolute atomic E-state index is 13.1. The second-order valence-electron chi connectivity index (χ2n) is 10.4. The van der Waals surface area contributed by atoms with E-state index in [-0.39, 0.29) is 11.9 Å². The molecule has 0 saturated carbocycles. The SMILES string of the molecule is CN(C)Cc1nc(Nc2ccc(-c3cnn4ccc5occc5c34)c3c2C(=O)NC3)ccc1N1CCN(C)C1=O. The van der Waals surface area contributed by atoms with E-state index >= 15 is 0 Å². The molecule has 40 heavy (non-hydrogen) atoms. The lowest BCUT2D eigenvalue weighted by atomic mass is 9.95. The van der Waals surface area contributed by atoms with Crippen LogP contribution in [0.25, 0.3) is 27.6 Å². The van der Waals surface area contributed by atoms with E-state index in [1.54, 1.807) is 23.1 Å². The van der Waals surface area contributed by atoms with Crippen LogP contribution in [-0.2, 0) is 13.1 Å². The first kappa shape index (κ1) is 24.2. The molecule has 2 aliphatic rings. The molecule has 0 bridgehead atoms. The minimum absolute atomic E-state index is 0.0343. The molecule has 11 nitrogen and oxygen atoms in total. The summed E-state index contributed by atoms with van der Waals surface area (Å²) in [6.45, 7) is 2.27. The molecule has 0 aliphatic carbocycles. The molecular formula is C29H28N8O3. The molecule has 0 spiro atoms. The highest BCUT2D eigenvalue weighted by Gasteiger charge is 2.30. The van der Waals surface area contributed by atoms with Gasteiger partial charge in [0.05, 0.1) is 40.6 Å². The number of urea groups is 1. The number of carbonyl (C=O) groups is 2. The third-order valence-corrected chi connectivity index (χ3v) is 7.55. The number of nitrogens with one attached hydrogen (secondary N) is 2. The Morgan fingerprint density at radius 3 is 2.75 bits per heavy atom. The Balaban J connectivity index is 1.29. The lowest BCUT2D eigenvalue weighted by Crippen LogP contribution is -2.30. The van der Waals surface area contributed by atoms with Crippen molar-refractivity contribution >= 4 is 45.6 Å². The summed E-state index contributed by atoms with van der Waals surface area (Å²) in [6.07, 6.45) is 5.38. The van der Waals surface area contributed by atoms with Crippen LogP contribution in [0.2, 0.25) is 0 Å². The lowest BCUT2D eigenvalue weighted by Gasteiger charge is -2.22. The highest BCUT2D eigenvalue weighted by atomic mass is 16.3. The third kappa shape index (κ3) is 3.77. The van der Waals surface area contributed by atoms with Gasteiger partial charge >= 0.3 is 6.03 Å². The van der Waals surface area contributed by atoms with Crippen LogP contribution in [0.1, 0.15) is 21.6 Å². The van der Waals surface area contributed by atoms with Gasteiger partial charge in [0.25, 0.3) is 5.91 Å². The maximum atomic E-state index is 13.1. The van der Waals surface area contributed by atoms with Gasteiger partial charge in [0, 0.05) is 50.4 Å². The minimum Gasteiger partial charge on any atom is -0.464 e. The lowest BCUT2D eigenvalue weighted by molar-refractivity contribution is 0.0966. The number of pyridine rings is 2. The van der Waals surface area contributed by atoms with E-state index in [9.17, 15) is 9.59 Å². The number of hydrogen-bond donors (Lipinski definition) is 2. The van der Waals surface area contributed by atoms with E-state index in [2.05, 4.69) is 15.7 Å². The number of fused-ring (bicyclic) bond motifs is 4. The molecule has 2 aliphatic heterocycles. The number of carbonyl (C=O) groups excluding carboxylic acids is 2. The number of aromatic nitrogens is 3. The van der Waals surface area contributed by atoms with Crippen molar-refractivity contribution in [1.29, 1.82) is 0 Å². The summed E-state index contributed by atoms with van der Waals surface area (Å²) >= 11 is 0. The average Bonchev–Trinajstić information content (AvgIpc) is 3.72. The van der Waals surface area contributed by atoms with Crippen molar-refractivity contribution in [3.8, 4) is 11.1 Å². The molecule has 1 saturated heterocycles. The van der Waals surface area contributed by atoms with Gasteiger partial charge in [0.1, 0.15) is 11.4 Å². The molecule has 0 radical (unpaired) electrons. The Morgan fingerprint density at radius 1 is 1.07 bits per heavy atom. The molecule has 1 fully saturated rings. The molecule has 1 aromatic carbocycles. The molecule has 6 heterocycles. The van der Waals surface area contributed by atoms with E-state index in [1.807, 2.05) is 72.3 Å². The molecule has 0 unspecified atom stereocenters. The first-order chi connectivity index (χ1) is 19.4. The van der Waals surface area contributed by atoms with Crippen molar-refractivity contribution in [1.82, 2.24) is 29.7 Å². The van der Waals surface area contributed by atoms with E-state index in [0.717, 1.165) is 44.6 Å². The van der Waals surface area contributed by atoms with E-state index < -0.39 is 0 Å². The second kappa shape index (κ2) is 9.09. The quantitative estimate of drug-likeness (QED) is 0.337. The van der Waals surface area contributed by atoms with Crippen molar-refractivity contribution in [2.24, 2.45) is 0 Å². The standard InChI is InChI=1S/C29H28N8O3/c1-34(2)16-22-23(36-12-11-35(3)29(36)39)6-7-25(33-22)32-21-5-4-17(19-14-30-28(38)26(19)21)20-15-31-37-10-8-24-18(27(20)37)9-13-40-24/h4-10,13,15H,11-12,14,16H2,1-3H3,(H,30,38)(H,32,33). The Morgan fingerprint density at radius 2 is 1.95 bits per heavy atom. The summed E-state index contributed by atoms with van der Waals surface area (Å²) in [5.41, 5.74) is 7.33. The van der Waals surface area contributed by atoms with Crippen LogP contribution in [0.3, 0.4) is 0 Å². The number of anilines is 3. The van der Waals surface area contributed by atoms with Gasteiger partial charge in [-0.3, -0.25) is 9.69 Å². The molecule has 7 rings (SSSR count). The number of rotatable bonds is 6. The number of nitrogens with zero attached hydrogens (tertiary/aromatic N) is 6. The van der Waals surface area contributed by atoms with Crippen molar-refractivity contribution < 1.29 is 14.0 Å². The number of furan rings is 1. The summed E-state index contributed by atoms with van der Waals surface area (Å²) in [7, 11) is 5.74. The fourth-order valence-electron chi connectivity index (χ4n) is 5.66. The third-order valence-electron chi connectivity index (χ3n) is 7.55. The molecule has 4 aromatic heterocycles. The summed E-state index contributed by atoms with van der Waals surface area (Å²) in [5.74, 6) is 0.464. The Hall–Kier alpha value is -4.90. The Kier molecular flexibility index (Phi) is 5.49. The summed E-state index contributed by atoms with van der Waals surface area (Å²) in [6, 6.07) is 11.5. The fraction of sp³-hybridized carbons (Fsp3) is 0.241. The summed E-state index contributed by atoms with van der Waals surface area (Å²) in [5, 5.41) is 11.9. The van der Waals surface area contributed by atoms with Crippen LogP contribution in [-0.4, -0.2) is 70.6 Å². The number of amides is 3. The largest absolute Gasteiger partial charge is 0.464 e.